The van der Waals surface area contributed by atoms with Crippen molar-refractivity contribution in [3.05, 3.63) is 62.8 Å². The van der Waals surface area contributed by atoms with Crippen molar-refractivity contribution in [1.82, 2.24) is 14.3 Å². The molecule has 0 spiro atoms. The fourth-order valence-corrected chi connectivity index (χ4v) is 3.75. The Labute approximate surface area is 177 Å². The number of aliphatic hydroxyl groups excluding tert-OH is 2. The molecule has 13 nitrogen and oxygen atoms in total. The molecule has 3 aromatic rings. The third-order valence-electron chi connectivity index (χ3n) is 4.94. The molecule has 172 valence electrons. The van der Waals surface area contributed by atoms with Gasteiger partial charge in [-0.1, -0.05) is 11.2 Å². The van der Waals surface area contributed by atoms with Crippen LogP contribution in [-0.2, 0) is 20.4 Å². The van der Waals surface area contributed by atoms with Gasteiger partial charge in [-0.25, -0.2) is 13.8 Å². The molecule has 2 aromatic heterocycles. The summed E-state index contributed by atoms with van der Waals surface area (Å²) in [7, 11) is -4.87. The third kappa shape index (κ3) is 4.17. The molecule has 3 heterocycles. The Kier molecular flexibility index (Phi) is 5.85. The van der Waals surface area contributed by atoms with Crippen molar-refractivity contribution in [2.45, 2.75) is 31.1 Å². The monoisotopic (exact) mass is 473 g/mol. The lowest BCUT2D eigenvalue weighted by Gasteiger charge is -2.18. The second-order valence-corrected chi connectivity index (χ2v) is 8.24. The third-order valence-corrected chi connectivity index (χ3v) is 5.43. The van der Waals surface area contributed by atoms with Crippen molar-refractivity contribution in [2.24, 2.45) is 0 Å². The Morgan fingerprint density at radius 3 is 2.66 bits per heavy atom. The predicted molar refractivity (Wildman–Crippen MR) is 102 cm³/mol. The first-order chi connectivity index (χ1) is 15.1. The van der Waals surface area contributed by atoms with Crippen LogP contribution in [0.15, 0.2) is 44.6 Å². The van der Waals surface area contributed by atoms with Crippen molar-refractivity contribution in [3.63, 3.8) is 0 Å². The average molecular weight is 473 g/mol. The minimum absolute atomic E-state index is 0.00331. The number of aliphatic hydroxyl groups is 2. The number of aromatic nitrogens is 3. The van der Waals surface area contributed by atoms with Crippen molar-refractivity contribution >= 4 is 18.8 Å². The number of phosphoric acid groups is 1. The first kappa shape index (κ1) is 22.5. The molecule has 15 heteroatoms. The molecule has 4 N–H and O–H groups in total. The molecule has 32 heavy (non-hydrogen) atoms. The van der Waals surface area contributed by atoms with Crippen molar-refractivity contribution < 1.29 is 42.7 Å². The van der Waals surface area contributed by atoms with Crippen LogP contribution in [-0.4, -0.2) is 59.2 Å². The molecule has 4 rings (SSSR count). The molecular formula is C17H17FN3O10P. The Balaban J connectivity index is 1.66. The van der Waals surface area contributed by atoms with Crippen LogP contribution in [0.3, 0.4) is 0 Å². The van der Waals surface area contributed by atoms with Crippen LogP contribution < -0.4 is 11.2 Å². The molecule has 4 atom stereocenters. The van der Waals surface area contributed by atoms with Crippen LogP contribution in [0, 0.1) is 5.82 Å². The summed E-state index contributed by atoms with van der Waals surface area (Å²) in [6, 6.07) is 5.02. The molecule has 1 aliphatic rings. The quantitative estimate of drug-likeness (QED) is 0.324. The number of benzene rings is 1. The second-order valence-electron chi connectivity index (χ2n) is 7.00. The maximum atomic E-state index is 14.2. The molecule has 0 amide bonds. The van der Waals surface area contributed by atoms with Gasteiger partial charge in [0.25, 0.3) is 5.56 Å². The molecule has 0 saturated carbocycles. The van der Waals surface area contributed by atoms with Crippen LogP contribution in [0.5, 0.6) is 0 Å². The van der Waals surface area contributed by atoms with Gasteiger partial charge in [0.2, 0.25) is 0 Å². The van der Waals surface area contributed by atoms with Crippen molar-refractivity contribution in [3.8, 4) is 0 Å². The van der Waals surface area contributed by atoms with Crippen molar-refractivity contribution in [1.29, 1.82) is 0 Å². The number of hydrogen-bond donors (Lipinski definition) is 4. The van der Waals surface area contributed by atoms with E-state index in [1.807, 2.05) is 0 Å². The van der Waals surface area contributed by atoms with Crippen LogP contribution in [0.1, 0.15) is 11.9 Å². The molecule has 0 unspecified atom stereocenters. The van der Waals surface area contributed by atoms with Crippen LogP contribution in [0.2, 0.25) is 0 Å². The van der Waals surface area contributed by atoms with E-state index in [9.17, 15) is 28.8 Å². The van der Waals surface area contributed by atoms with E-state index in [-0.39, 0.29) is 16.7 Å². The number of nitrogens with zero attached hydrogens (tertiary/aromatic N) is 3. The number of ether oxygens (including phenoxy) is 1. The van der Waals surface area contributed by atoms with E-state index in [1.54, 1.807) is 0 Å². The van der Waals surface area contributed by atoms with Gasteiger partial charge < -0.3 is 29.3 Å². The smallest absolute Gasteiger partial charge is 0.387 e. The van der Waals surface area contributed by atoms with Gasteiger partial charge in [0.15, 0.2) is 11.8 Å². The first-order valence-electron chi connectivity index (χ1n) is 9.13. The van der Waals surface area contributed by atoms with Gasteiger partial charge in [0.1, 0.15) is 29.8 Å². The summed E-state index contributed by atoms with van der Waals surface area (Å²) in [5.41, 5.74) is -1.63. The van der Waals surface area contributed by atoms with Crippen LogP contribution >= 0.6 is 7.82 Å². The topological polar surface area (TPSA) is 186 Å². The molecule has 0 radical (unpaired) electrons. The Morgan fingerprint density at radius 2 is 1.94 bits per heavy atom. The molecule has 1 saturated heterocycles. The summed E-state index contributed by atoms with van der Waals surface area (Å²) < 4.78 is 41.2. The van der Waals surface area contributed by atoms with E-state index in [1.165, 1.54) is 18.2 Å². The van der Waals surface area contributed by atoms with Gasteiger partial charge in [-0.2, -0.15) is 0 Å². The standard InChI is InChI=1S/C17H17FN3O10P/c18-8-2-1-3-10-13(8)9(19-31-10)6-21-12(22)4-5-20(17(21)25)16-15(24)14(23)11(30-16)7-29-32(26,27)28/h1-5,11,14-16,23-24H,6-7H2,(H2,26,27,28)/t11-,14+,15+,16-/m1/s1. The summed E-state index contributed by atoms with van der Waals surface area (Å²) in [6.45, 7) is -1.22. The van der Waals surface area contributed by atoms with Gasteiger partial charge >= 0.3 is 13.5 Å². The largest absolute Gasteiger partial charge is 0.469 e. The zero-order chi connectivity index (χ0) is 23.2. The van der Waals surface area contributed by atoms with E-state index in [0.29, 0.717) is 4.57 Å². The SMILES string of the molecule is O=c1ccn([C@@H]2O[C@H](COP(=O)(O)O)[C@H](O)[C@@H]2O)c(=O)n1Cc1noc2cccc(F)c12. The molecule has 1 aliphatic heterocycles. The number of hydrogen-bond acceptors (Lipinski definition) is 9. The van der Waals surface area contributed by atoms with Gasteiger partial charge in [-0.05, 0) is 12.1 Å². The highest BCUT2D eigenvalue weighted by atomic mass is 31.2. The normalized spacial score (nSPS) is 23.8. The number of phosphoric ester groups is 1. The second kappa shape index (κ2) is 8.33. The number of rotatable bonds is 6. The Morgan fingerprint density at radius 1 is 1.19 bits per heavy atom. The highest BCUT2D eigenvalue weighted by molar-refractivity contribution is 7.46. The lowest BCUT2D eigenvalue weighted by Crippen LogP contribution is -2.43. The van der Waals surface area contributed by atoms with E-state index >= 15 is 0 Å². The van der Waals surface area contributed by atoms with Crippen LogP contribution in [0.25, 0.3) is 11.0 Å². The van der Waals surface area contributed by atoms with E-state index in [2.05, 4.69) is 9.68 Å². The number of halogens is 1. The summed E-state index contributed by atoms with van der Waals surface area (Å²) in [4.78, 5) is 42.9. The highest BCUT2D eigenvalue weighted by Crippen LogP contribution is 2.38. The van der Waals surface area contributed by atoms with E-state index in [0.717, 1.165) is 16.8 Å². The molecular weight excluding hydrogens is 456 g/mol. The highest BCUT2D eigenvalue weighted by Gasteiger charge is 2.45. The summed E-state index contributed by atoms with van der Waals surface area (Å²) >= 11 is 0. The molecule has 0 bridgehead atoms. The fraction of sp³-hybridized carbons (Fsp3) is 0.353. The minimum Gasteiger partial charge on any atom is -0.387 e. The molecule has 1 fully saturated rings. The Bertz CT molecular complexity index is 1310. The van der Waals surface area contributed by atoms with Crippen molar-refractivity contribution in [2.75, 3.05) is 6.61 Å². The van der Waals surface area contributed by atoms with E-state index < -0.39 is 62.6 Å². The summed E-state index contributed by atoms with van der Waals surface area (Å²) in [6.07, 6.45) is -5.18. The predicted octanol–water partition coefficient (Wildman–Crippen LogP) is -0.933. The zero-order valence-electron chi connectivity index (χ0n) is 16.0. The fourth-order valence-electron chi connectivity index (χ4n) is 3.41. The Hall–Kier alpha value is -2.71. The lowest BCUT2D eigenvalue weighted by atomic mass is 10.1. The lowest BCUT2D eigenvalue weighted by molar-refractivity contribution is -0.0548. The summed E-state index contributed by atoms with van der Waals surface area (Å²) in [5, 5.41) is 24.1. The van der Waals surface area contributed by atoms with Gasteiger partial charge in [-0.15, -0.1) is 0 Å². The van der Waals surface area contributed by atoms with E-state index in [4.69, 9.17) is 19.0 Å². The van der Waals surface area contributed by atoms with Gasteiger partial charge in [0, 0.05) is 12.3 Å². The zero-order valence-corrected chi connectivity index (χ0v) is 16.9. The maximum Gasteiger partial charge on any atom is 0.469 e. The van der Waals surface area contributed by atoms with Gasteiger partial charge in [-0.3, -0.25) is 18.5 Å². The maximum absolute atomic E-state index is 14.2. The number of fused-ring (bicyclic) bond motifs is 1. The molecule has 0 aliphatic carbocycles. The minimum atomic E-state index is -4.87. The van der Waals surface area contributed by atoms with Crippen LogP contribution in [0.4, 0.5) is 4.39 Å². The van der Waals surface area contributed by atoms with Gasteiger partial charge in [0.05, 0.1) is 18.5 Å². The summed E-state index contributed by atoms with van der Waals surface area (Å²) in [5.74, 6) is -0.659. The average Bonchev–Trinajstić information content (AvgIpc) is 3.26. The first-order valence-corrected chi connectivity index (χ1v) is 10.7. The molecule has 1 aromatic carbocycles.